The first kappa shape index (κ1) is 22.1. The number of benzene rings is 1. The number of ether oxygens (including phenoxy) is 1. The molecule has 0 heterocycles. The van der Waals surface area contributed by atoms with Crippen LogP contribution in [0.4, 0.5) is 0 Å². The number of phenols is 2. The fourth-order valence-corrected chi connectivity index (χ4v) is 3.10. The van der Waals surface area contributed by atoms with Crippen LogP contribution >= 0.6 is 0 Å². The Bertz CT molecular complexity index is 580. The van der Waals surface area contributed by atoms with Crippen LogP contribution in [0, 0.1) is 0 Å². The number of hydrogen-bond acceptors (Lipinski definition) is 4. The van der Waals surface area contributed by atoms with Gasteiger partial charge in [-0.1, -0.05) is 52.9 Å². The number of rotatable bonds is 13. The van der Waals surface area contributed by atoms with E-state index < -0.39 is 11.7 Å². The summed E-state index contributed by atoms with van der Waals surface area (Å²) in [5.41, 5.74) is 1.05. The zero-order valence-electron chi connectivity index (χ0n) is 16.4. The van der Waals surface area contributed by atoms with Crippen molar-refractivity contribution in [2.24, 2.45) is 0 Å². The molecule has 0 aliphatic carbocycles. The van der Waals surface area contributed by atoms with Gasteiger partial charge >= 0.3 is 5.97 Å². The van der Waals surface area contributed by atoms with E-state index >= 15 is 0 Å². The monoisotopic (exact) mass is 366 g/mol. The maximum Gasteiger partial charge on any atom is 0.343 e. The van der Waals surface area contributed by atoms with Gasteiger partial charge in [0.15, 0.2) is 11.5 Å². The molecule has 0 aromatic heterocycles. The third kappa shape index (κ3) is 5.82. The highest BCUT2D eigenvalue weighted by Gasteiger charge is 2.28. The Morgan fingerprint density at radius 2 is 1.38 bits per heavy atom. The number of aromatic carboxylic acids is 1. The van der Waals surface area contributed by atoms with E-state index in [-0.39, 0.29) is 17.1 Å². The van der Waals surface area contributed by atoms with Crippen molar-refractivity contribution in [3.05, 3.63) is 16.7 Å². The van der Waals surface area contributed by atoms with Gasteiger partial charge in [0.2, 0.25) is 0 Å². The van der Waals surface area contributed by atoms with E-state index in [9.17, 15) is 20.1 Å². The lowest BCUT2D eigenvalue weighted by molar-refractivity contribution is 0.0687. The number of carbonyl (C=O) groups is 1. The molecule has 1 rings (SSSR count). The first-order chi connectivity index (χ1) is 12.5. The molecule has 1 aromatic carbocycles. The molecule has 0 spiro atoms. The van der Waals surface area contributed by atoms with Crippen LogP contribution in [0.25, 0.3) is 0 Å². The molecule has 0 fully saturated rings. The number of unbranched alkanes of at least 4 members (excludes halogenated alkanes) is 5. The maximum atomic E-state index is 11.7. The molecule has 0 atom stereocenters. The molecule has 0 aliphatic rings. The molecule has 0 saturated heterocycles. The number of aromatic hydroxyl groups is 2. The Kier molecular flexibility index (Phi) is 9.92. The molecule has 0 amide bonds. The minimum absolute atomic E-state index is 0.240. The normalized spacial score (nSPS) is 10.9. The van der Waals surface area contributed by atoms with Gasteiger partial charge in [-0.15, -0.1) is 0 Å². The van der Waals surface area contributed by atoms with Crippen molar-refractivity contribution in [2.75, 3.05) is 6.61 Å². The van der Waals surface area contributed by atoms with Crippen LogP contribution in [0.3, 0.4) is 0 Å². The first-order valence-electron chi connectivity index (χ1n) is 9.95. The van der Waals surface area contributed by atoms with E-state index in [2.05, 4.69) is 20.8 Å². The van der Waals surface area contributed by atoms with Crippen molar-refractivity contribution in [3.63, 3.8) is 0 Å². The Balaban J connectivity index is 3.32. The van der Waals surface area contributed by atoms with Gasteiger partial charge < -0.3 is 20.1 Å². The van der Waals surface area contributed by atoms with Crippen LogP contribution in [0.5, 0.6) is 17.2 Å². The van der Waals surface area contributed by atoms with E-state index in [1.54, 1.807) is 0 Å². The highest BCUT2D eigenvalue weighted by Crippen LogP contribution is 2.44. The third-order valence-corrected chi connectivity index (χ3v) is 4.63. The van der Waals surface area contributed by atoms with Crippen LogP contribution in [0.15, 0.2) is 0 Å². The summed E-state index contributed by atoms with van der Waals surface area (Å²) in [6, 6.07) is 0. The van der Waals surface area contributed by atoms with Crippen LogP contribution in [-0.2, 0) is 12.8 Å². The number of carboxylic acids is 1. The van der Waals surface area contributed by atoms with Gasteiger partial charge in [0, 0.05) is 11.1 Å². The van der Waals surface area contributed by atoms with Crippen molar-refractivity contribution < 1.29 is 24.9 Å². The molecule has 0 aliphatic heterocycles. The van der Waals surface area contributed by atoms with Crippen LogP contribution in [-0.4, -0.2) is 27.9 Å². The summed E-state index contributed by atoms with van der Waals surface area (Å²) in [6.45, 7) is 6.66. The summed E-state index contributed by atoms with van der Waals surface area (Å²) >= 11 is 0. The van der Waals surface area contributed by atoms with Gasteiger partial charge in [-0.05, 0) is 32.1 Å². The topological polar surface area (TPSA) is 87.0 Å². The second-order valence-electron chi connectivity index (χ2n) is 6.78. The maximum absolute atomic E-state index is 11.7. The van der Waals surface area contributed by atoms with E-state index in [0.717, 1.165) is 56.9 Å². The molecule has 5 nitrogen and oxygen atoms in total. The second kappa shape index (κ2) is 11.7. The summed E-state index contributed by atoms with van der Waals surface area (Å²) in [7, 11) is 0. The standard InChI is InChI=1S/C21H34O5/c1-4-7-10-11-14-26-20-16(13-9-6-3)15(12-8-5-2)18(22)19(23)17(20)21(24)25/h22-23H,4-14H2,1-3H3,(H,24,25). The van der Waals surface area contributed by atoms with Gasteiger partial charge in [0.05, 0.1) is 6.61 Å². The Labute approximate surface area is 157 Å². The van der Waals surface area contributed by atoms with Crippen LogP contribution in [0.2, 0.25) is 0 Å². The van der Waals surface area contributed by atoms with Crippen LogP contribution < -0.4 is 4.74 Å². The molecular weight excluding hydrogens is 332 g/mol. The zero-order chi connectivity index (χ0) is 19.5. The predicted molar refractivity (Wildman–Crippen MR) is 104 cm³/mol. The number of phenolic OH excluding ortho intramolecular Hbond substituents is 1. The van der Waals surface area contributed by atoms with E-state index in [0.29, 0.717) is 25.0 Å². The summed E-state index contributed by atoms with van der Waals surface area (Å²) in [4.78, 5) is 11.7. The highest BCUT2D eigenvalue weighted by molar-refractivity contribution is 5.96. The number of carboxylic acid groups (broad SMARTS) is 1. The lowest BCUT2D eigenvalue weighted by Gasteiger charge is -2.21. The van der Waals surface area contributed by atoms with E-state index in [1.807, 2.05) is 0 Å². The summed E-state index contributed by atoms with van der Waals surface area (Å²) in [5.74, 6) is -1.92. The number of hydrogen-bond donors (Lipinski definition) is 3. The van der Waals surface area contributed by atoms with Crippen molar-refractivity contribution >= 4 is 5.97 Å². The minimum Gasteiger partial charge on any atom is -0.504 e. The second-order valence-corrected chi connectivity index (χ2v) is 6.78. The Hall–Kier alpha value is -1.91. The smallest absolute Gasteiger partial charge is 0.343 e. The summed E-state index contributed by atoms with van der Waals surface area (Å²) in [6.07, 6.45) is 8.94. The molecule has 26 heavy (non-hydrogen) atoms. The van der Waals surface area contributed by atoms with Crippen molar-refractivity contribution in [1.82, 2.24) is 0 Å². The Morgan fingerprint density at radius 1 is 0.808 bits per heavy atom. The highest BCUT2D eigenvalue weighted by atomic mass is 16.5. The van der Waals surface area contributed by atoms with Gasteiger partial charge in [-0.25, -0.2) is 4.79 Å². The molecular formula is C21H34O5. The van der Waals surface area contributed by atoms with Crippen molar-refractivity contribution in [1.29, 1.82) is 0 Å². The lowest BCUT2D eigenvalue weighted by atomic mass is 9.92. The lowest BCUT2D eigenvalue weighted by Crippen LogP contribution is -2.11. The third-order valence-electron chi connectivity index (χ3n) is 4.63. The van der Waals surface area contributed by atoms with E-state index in [4.69, 9.17) is 4.74 Å². The van der Waals surface area contributed by atoms with Gasteiger partial charge in [0.25, 0.3) is 0 Å². The quantitative estimate of drug-likeness (QED) is 0.319. The molecule has 1 aromatic rings. The predicted octanol–water partition coefficient (Wildman–Crippen LogP) is 5.44. The fourth-order valence-electron chi connectivity index (χ4n) is 3.10. The Morgan fingerprint density at radius 3 is 1.92 bits per heavy atom. The average Bonchev–Trinajstić information content (AvgIpc) is 2.61. The summed E-state index contributed by atoms with van der Waals surface area (Å²) in [5, 5.41) is 30.3. The fraction of sp³-hybridized carbons (Fsp3) is 0.667. The summed E-state index contributed by atoms with van der Waals surface area (Å²) < 4.78 is 5.88. The van der Waals surface area contributed by atoms with Crippen molar-refractivity contribution in [3.8, 4) is 17.2 Å². The largest absolute Gasteiger partial charge is 0.504 e. The van der Waals surface area contributed by atoms with Gasteiger partial charge in [0.1, 0.15) is 11.3 Å². The van der Waals surface area contributed by atoms with Gasteiger partial charge in [-0.3, -0.25) is 0 Å². The van der Waals surface area contributed by atoms with Crippen LogP contribution in [0.1, 0.15) is 93.6 Å². The molecule has 0 radical (unpaired) electrons. The molecule has 3 N–H and O–H groups in total. The molecule has 0 bridgehead atoms. The zero-order valence-corrected chi connectivity index (χ0v) is 16.4. The first-order valence-corrected chi connectivity index (χ1v) is 9.95. The molecule has 0 unspecified atom stereocenters. The average molecular weight is 366 g/mol. The van der Waals surface area contributed by atoms with Crippen molar-refractivity contribution in [2.45, 2.75) is 85.0 Å². The SMILES string of the molecule is CCCCCCOc1c(CCCC)c(CCCC)c(O)c(O)c1C(=O)O. The molecule has 5 heteroatoms. The van der Waals surface area contributed by atoms with Gasteiger partial charge in [-0.2, -0.15) is 0 Å². The molecule has 148 valence electrons. The minimum atomic E-state index is -1.28. The molecule has 0 saturated carbocycles. The van der Waals surface area contributed by atoms with E-state index in [1.165, 1.54) is 0 Å².